The molecule has 0 amide bonds. The Morgan fingerprint density at radius 3 is 1.68 bits per heavy atom. The lowest BCUT2D eigenvalue weighted by Gasteiger charge is -2.23. The maximum atomic E-state index is 14.3. The van der Waals surface area contributed by atoms with Crippen molar-refractivity contribution in [1.82, 2.24) is 0 Å². The van der Waals surface area contributed by atoms with Gasteiger partial charge in [0.2, 0.25) is 0 Å². The molecule has 1 aliphatic carbocycles. The van der Waals surface area contributed by atoms with Crippen molar-refractivity contribution in [3.05, 3.63) is 75.8 Å². The van der Waals surface area contributed by atoms with Gasteiger partial charge in [-0.25, -0.2) is 17.6 Å². The van der Waals surface area contributed by atoms with Gasteiger partial charge < -0.3 is 4.74 Å². The number of benzene rings is 2. The average molecular weight is 455 g/mol. The molecule has 0 spiro atoms. The summed E-state index contributed by atoms with van der Waals surface area (Å²) in [6.45, 7) is 0. The van der Waals surface area contributed by atoms with Crippen LogP contribution in [0.25, 0.3) is 11.7 Å². The van der Waals surface area contributed by atoms with Gasteiger partial charge in [0.25, 0.3) is 0 Å². The Labute approximate surface area is 169 Å². The molecular weight excluding hydrogens is 436 g/mol. The molecule has 2 aromatic rings. The highest BCUT2D eigenvalue weighted by molar-refractivity contribution is 9.10. The summed E-state index contributed by atoms with van der Waals surface area (Å²) in [4.78, 5) is 0. The van der Waals surface area contributed by atoms with E-state index in [0.29, 0.717) is 10.2 Å². The highest BCUT2D eigenvalue weighted by atomic mass is 79.9. The number of hydrogen-bond donors (Lipinski definition) is 0. The lowest BCUT2D eigenvalue weighted by Crippen LogP contribution is -2.19. The van der Waals surface area contributed by atoms with Crippen LogP contribution in [0.2, 0.25) is 0 Å². The predicted molar refractivity (Wildman–Crippen MR) is 106 cm³/mol. The van der Waals surface area contributed by atoms with Crippen molar-refractivity contribution < 1.29 is 22.3 Å². The summed E-state index contributed by atoms with van der Waals surface area (Å²) in [6.07, 6.45) is 5.48. The molecule has 0 aromatic heterocycles. The van der Waals surface area contributed by atoms with Crippen molar-refractivity contribution in [3.8, 4) is 5.75 Å². The molecule has 1 saturated carbocycles. The molecule has 0 aliphatic heterocycles. The first kappa shape index (κ1) is 20.6. The van der Waals surface area contributed by atoms with Gasteiger partial charge in [0.05, 0.1) is 6.10 Å². The summed E-state index contributed by atoms with van der Waals surface area (Å²) in [7, 11) is 0. The van der Waals surface area contributed by atoms with Gasteiger partial charge in [0.1, 0.15) is 5.75 Å². The second-order valence-electron chi connectivity index (χ2n) is 6.67. The van der Waals surface area contributed by atoms with Crippen LogP contribution in [0.4, 0.5) is 17.6 Å². The Bertz CT molecular complexity index is 866. The van der Waals surface area contributed by atoms with Crippen molar-refractivity contribution in [2.75, 3.05) is 0 Å². The van der Waals surface area contributed by atoms with Gasteiger partial charge in [-0.1, -0.05) is 34.5 Å². The van der Waals surface area contributed by atoms with Crippen LogP contribution in [0.15, 0.2) is 64.7 Å². The lowest BCUT2D eigenvalue weighted by molar-refractivity contribution is 0.155. The molecule has 148 valence electrons. The van der Waals surface area contributed by atoms with Crippen molar-refractivity contribution in [1.29, 1.82) is 0 Å². The first-order chi connectivity index (χ1) is 13.5. The first-order valence-electron chi connectivity index (χ1n) is 9.09. The van der Waals surface area contributed by atoms with Crippen LogP contribution in [0.3, 0.4) is 0 Å². The van der Waals surface area contributed by atoms with E-state index in [-0.39, 0.29) is 17.2 Å². The van der Waals surface area contributed by atoms with Gasteiger partial charge >= 0.3 is 0 Å². The summed E-state index contributed by atoms with van der Waals surface area (Å²) < 4.78 is 63.2. The standard InChI is InChI=1S/C22H19BrF4O/c23-16-10-6-14(7-11-16)19(24)21(26)22(27)20(25)15-8-12-18(13-9-15)28-17-4-2-1-3-5-17/h6-13,17H,1-5H2/b21-19+,22-20+. The van der Waals surface area contributed by atoms with E-state index < -0.39 is 23.3 Å². The van der Waals surface area contributed by atoms with Crippen molar-refractivity contribution in [3.63, 3.8) is 0 Å². The minimum atomic E-state index is -1.87. The zero-order valence-electron chi connectivity index (χ0n) is 15.0. The average Bonchev–Trinajstić information content (AvgIpc) is 2.73. The number of halogens is 5. The molecule has 1 fully saturated rings. The Balaban J connectivity index is 1.78. The second kappa shape index (κ2) is 9.41. The van der Waals surface area contributed by atoms with E-state index in [9.17, 15) is 17.6 Å². The third-order valence-electron chi connectivity index (χ3n) is 4.64. The molecule has 0 heterocycles. The van der Waals surface area contributed by atoms with Crippen molar-refractivity contribution in [2.24, 2.45) is 0 Å². The molecule has 0 N–H and O–H groups in total. The molecule has 2 aromatic carbocycles. The normalized spacial score (nSPS) is 17.0. The number of allylic oxidation sites excluding steroid dienone is 2. The van der Waals surface area contributed by atoms with Crippen LogP contribution < -0.4 is 4.74 Å². The minimum absolute atomic E-state index is 0.122. The van der Waals surface area contributed by atoms with E-state index in [2.05, 4.69) is 15.9 Å². The summed E-state index contributed by atoms with van der Waals surface area (Å²) in [5.74, 6) is -6.13. The Kier molecular flexibility index (Phi) is 6.94. The zero-order valence-corrected chi connectivity index (χ0v) is 16.6. The number of ether oxygens (including phenoxy) is 1. The van der Waals surface area contributed by atoms with E-state index in [1.807, 2.05) is 0 Å². The molecular formula is C22H19BrF4O. The maximum Gasteiger partial charge on any atom is 0.198 e. The van der Waals surface area contributed by atoms with E-state index in [4.69, 9.17) is 4.74 Å². The molecule has 0 saturated heterocycles. The van der Waals surface area contributed by atoms with Crippen LogP contribution in [0.1, 0.15) is 43.2 Å². The second-order valence-corrected chi connectivity index (χ2v) is 7.58. The first-order valence-corrected chi connectivity index (χ1v) is 9.89. The van der Waals surface area contributed by atoms with Crippen LogP contribution in [0, 0.1) is 0 Å². The molecule has 6 heteroatoms. The molecule has 0 bridgehead atoms. The van der Waals surface area contributed by atoms with Crippen LogP contribution in [-0.2, 0) is 0 Å². The fraction of sp³-hybridized carbons (Fsp3) is 0.273. The van der Waals surface area contributed by atoms with Gasteiger partial charge in [0, 0.05) is 15.6 Å². The van der Waals surface area contributed by atoms with E-state index in [1.165, 1.54) is 55.0 Å². The fourth-order valence-electron chi connectivity index (χ4n) is 3.10. The largest absolute Gasteiger partial charge is 0.490 e. The summed E-state index contributed by atoms with van der Waals surface area (Å²) in [5.41, 5.74) is -0.368. The highest BCUT2D eigenvalue weighted by Crippen LogP contribution is 2.34. The monoisotopic (exact) mass is 454 g/mol. The summed E-state index contributed by atoms with van der Waals surface area (Å²) in [5, 5.41) is 0. The van der Waals surface area contributed by atoms with Gasteiger partial charge in [0.15, 0.2) is 23.3 Å². The molecule has 0 atom stereocenters. The van der Waals surface area contributed by atoms with Gasteiger partial charge in [-0.05, 0) is 62.1 Å². The SMILES string of the molecule is FC(/C(F)=C(\F)c1ccc(OC2CCCCC2)cc1)=C(/F)c1ccc(Br)cc1. The van der Waals surface area contributed by atoms with Gasteiger partial charge in [-0.15, -0.1) is 0 Å². The summed E-state index contributed by atoms with van der Waals surface area (Å²) in [6, 6.07) is 11.1. The molecule has 1 nitrogen and oxygen atoms in total. The lowest BCUT2D eigenvalue weighted by atomic mass is 9.98. The quantitative estimate of drug-likeness (QED) is 0.327. The molecule has 0 unspecified atom stereocenters. The molecule has 0 radical (unpaired) electrons. The number of rotatable bonds is 5. The van der Waals surface area contributed by atoms with Crippen LogP contribution in [-0.4, -0.2) is 6.10 Å². The fourth-order valence-corrected chi connectivity index (χ4v) is 3.36. The predicted octanol–water partition coefficient (Wildman–Crippen LogP) is 8.08. The van der Waals surface area contributed by atoms with E-state index >= 15 is 0 Å². The van der Waals surface area contributed by atoms with E-state index in [1.54, 1.807) is 0 Å². The van der Waals surface area contributed by atoms with Crippen LogP contribution >= 0.6 is 15.9 Å². The zero-order chi connectivity index (χ0) is 20.1. The molecule has 3 rings (SSSR count). The Hall–Kier alpha value is -2.08. The van der Waals surface area contributed by atoms with Gasteiger partial charge in [-0.2, -0.15) is 0 Å². The third kappa shape index (κ3) is 5.04. The third-order valence-corrected chi connectivity index (χ3v) is 5.17. The minimum Gasteiger partial charge on any atom is -0.490 e. The molecule has 28 heavy (non-hydrogen) atoms. The highest BCUT2D eigenvalue weighted by Gasteiger charge is 2.20. The number of hydrogen-bond acceptors (Lipinski definition) is 1. The topological polar surface area (TPSA) is 9.23 Å². The smallest absolute Gasteiger partial charge is 0.198 e. The van der Waals surface area contributed by atoms with Gasteiger partial charge in [-0.3, -0.25) is 0 Å². The summed E-state index contributed by atoms with van der Waals surface area (Å²) >= 11 is 3.17. The van der Waals surface area contributed by atoms with Crippen molar-refractivity contribution in [2.45, 2.75) is 38.2 Å². The van der Waals surface area contributed by atoms with Crippen LogP contribution in [0.5, 0.6) is 5.75 Å². The maximum absolute atomic E-state index is 14.3. The van der Waals surface area contributed by atoms with Crippen molar-refractivity contribution >= 4 is 27.6 Å². The Morgan fingerprint density at radius 1 is 0.714 bits per heavy atom. The molecule has 1 aliphatic rings. The van der Waals surface area contributed by atoms with E-state index in [0.717, 1.165) is 25.7 Å². The Morgan fingerprint density at radius 2 is 1.18 bits per heavy atom.